The molecular formula is C29H40Cl2N6O3S. The molecule has 2 aromatic carbocycles. The fourth-order valence-corrected chi connectivity index (χ4v) is 7.16. The van der Waals surface area contributed by atoms with Gasteiger partial charge in [-0.2, -0.15) is 4.98 Å². The summed E-state index contributed by atoms with van der Waals surface area (Å²) in [7, 11) is -3.66. The van der Waals surface area contributed by atoms with Gasteiger partial charge in [0.25, 0.3) is 0 Å². The Hall–Kier alpha value is -2.21. The van der Waals surface area contributed by atoms with E-state index in [1.54, 1.807) is 0 Å². The van der Waals surface area contributed by atoms with Gasteiger partial charge < -0.3 is 15.4 Å². The average Bonchev–Trinajstić information content (AvgIpc) is 2.95. The third-order valence-electron chi connectivity index (χ3n) is 7.65. The van der Waals surface area contributed by atoms with Crippen LogP contribution in [0.15, 0.2) is 47.4 Å². The van der Waals surface area contributed by atoms with E-state index in [1.165, 1.54) is 18.2 Å². The number of nitrogens with one attached hydrogen (secondary N) is 3. The van der Waals surface area contributed by atoms with Crippen molar-refractivity contribution in [3.8, 4) is 0 Å². The number of anilines is 2. The van der Waals surface area contributed by atoms with Crippen LogP contribution in [0.25, 0.3) is 10.9 Å². The molecule has 2 fully saturated rings. The summed E-state index contributed by atoms with van der Waals surface area (Å²) in [6.07, 6.45) is 3.94. The van der Waals surface area contributed by atoms with E-state index in [2.05, 4.69) is 20.3 Å². The van der Waals surface area contributed by atoms with Crippen LogP contribution in [0.5, 0.6) is 0 Å². The molecule has 3 N–H and O–H groups in total. The van der Waals surface area contributed by atoms with Crippen molar-refractivity contribution >= 4 is 55.9 Å². The first-order chi connectivity index (χ1) is 19.4. The van der Waals surface area contributed by atoms with Crippen LogP contribution in [0.1, 0.15) is 33.1 Å². The number of fused-ring (bicyclic) bond motifs is 1. The molecule has 1 saturated heterocycles. The fraction of sp³-hybridized carbons (Fsp3) is 0.517. The molecule has 0 atom stereocenters. The van der Waals surface area contributed by atoms with Crippen LogP contribution in [0, 0.1) is 11.8 Å². The molecule has 1 aliphatic heterocycles. The lowest BCUT2D eigenvalue weighted by Crippen LogP contribution is -2.39. The van der Waals surface area contributed by atoms with Crippen LogP contribution in [-0.2, 0) is 14.8 Å². The Labute approximate surface area is 253 Å². The fourth-order valence-electron chi connectivity index (χ4n) is 5.32. The van der Waals surface area contributed by atoms with Crippen molar-refractivity contribution in [3.63, 3.8) is 0 Å². The van der Waals surface area contributed by atoms with Crippen molar-refractivity contribution in [2.75, 3.05) is 63.1 Å². The van der Waals surface area contributed by atoms with Gasteiger partial charge >= 0.3 is 0 Å². The first-order valence-corrected chi connectivity index (χ1v) is 16.1. The van der Waals surface area contributed by atoms with Gasteiger partial charge in [0.1, 0.15) is 5.82 Å². The van der Waals surface area contributed by atoms with E-state index in [9.17, 15) is 8.42 Å². The van der Waals surface area contributed by atoms with Crippen molar-refractivity contribution in [2.24, 2.45) is 11.8 Å². The number of hydrogen-bond donors (Lipinski definition) is 3. The van der Waals surface area contributed by atoms with Gasteiger partial charge in [-0.25, -0.2) is 18.1 Å². The predicted octanol–water partition coefficient (Wildman–Crippen LogP) is 5.51. The summed E-state index contributed by atoms with van der Waals surface area (Å²) in [6.45, 7) is 6.44. The number of morpholine rings is 1. The molecule has 2 aliphatic rings. The lowest BCUT2D eigenvalue weighted by molar-refractivity contribution is 0.0398. The Morgan fingerprint density at radius 2 is 1.56 bits per heavy atom. The Balaban J connectivity index is 0.00000387. The number of ether oxygens (including phenoxy) is 1. The number of nitrogens with zero attached hydrogens (tertiary/aromatic N) is 3. The zero-order chi connectivity index (χ0) is 28.0. The van der Waals surface area contributed by atoms with E-state index < -0.39 is 10.0 Å². The Kier molecular flexibility index (Phi) is 11.4. The van der Waals surface area contributed by atoms with E-state index in [4.69, 9.17) is 37.9 Å². The first kappa shape index (κ1) is 31.7. The summed E-state index contributed by atoms with van der Waals surface area (Å²) in [5, 5.41) is 8.59. The summed E-state index contributed by atoms with van der Waals surface area (Å²) in [5.41, 5.74) is 0.908. The van der Waals surface area contributed by atoms with Crippen LogP contribution in [-0.4, -0.2) is 75.8 Å². The van der Waals surface area contributed by atoms with Crippen molar-refractivity contribution in [3.05, 3.63) is 52.5 Å². The maximum atomic E-state index is 12.7. The Bertz CT molecular complexity index is 1380. The standard InChI is InChI=1S/C28H36Cl2N6O3S.CH4/c29-22-15-23(30)17-24(16-22)40(37,38)33-19-21-7-5-20(6-8-21)18-32-28-34-26-4-2-1-3-25(26)27(35-28)31-9-10-36-11-13-39-14-12-36;/h1-4,15-17,20-21,33H,5-14,18-19H2,(H2,31,32,34,35);1H4. The van der Waals surface area contributed by atoms with Gasteiger partial charge in [0.05, 0.1) is 23.6 Å². The van der Waals surface area contributed by atoms with Gasteiger partial charge in [-0.05, 0) is 67.9 Å². The molecule has 0 unspecified atom stereocenters. The molecule has 3 aromatic rings. The van der Waals surface area contributed by atoms with Gasteiger partial charge in [-0.15, -0.1) is 0 Å². The number of hydrogen-bond acceptors (Lipinski definition) is 8. The van der Waals surface area contributed by atoms with Crippen LogP contribution in [0.2, 0.25) is 10.0 Å². The second-order valence-corrected chi connectivity index (χ2v) is 13.2. The van der Waals surface area contributed by atoms with Gasteiger partial charge in [0.15, 0.2) is 0 Å². The molecule has 1 aromatic heterocycles. The van der Waals surface area contributed by atoms with Crippen molar-refractivity contribution in [1.82, 2.24) is 19.6 Å². The summed E-state index contributed by atoms with van der Waals surface area (Å²) in [5.74, 6) is 2.24. The minimum atomic E-state index is -3.66. The highest BCUT2D eigenvalue weighted by Crippen LogP contribution is 2.30. The monoisotopic (exact) mass is 622 g/mol. The predicted molar refractivity (Wildman–Crippen MR) is 168 cm³/mol. The molecule has 1 aliphatic carbocycles. The highest BCUT2D eigenvalue weighted by Gasteiger charge is 2.24. The van der Waals surface area contributed by atoms with Crippen molar-refractivity contribution < 1.29 is 13.2 Å². The molecule has 2 heterocycles. The number of rotatable bonds is 11. The number of sulfonamides is 1. The third-order valence-corrected chi connectivity index (χ3v) is 9.49. The van der Waals surface area contributed by atoms with E-state index in [1.807, 2.05) is 24.3 Å². The first-order valence-electron chi connectivity index (χ1n) is 13.9. The second kappa shape index (κ2) is 14.8. The molecule has 12 heteroatoms. The van der Waals surface area contributed by atoms with Gasteiger partial charge in [-0.3, -0.25) is 4.90 Å². The van der Waals surface area contributed by atoms with Crippen LogP contribution >= 0.6 is 23.2 Å². The maximum absolute atomic E-state index is 12.7. The largest absolute Gasteiger partial charge is 0.379 e. The second-order valence-electron chi connectivity index (χ2n) is 10.5. The van der Waals surface area contributed by atoms with Crippen LogP contribution in [0.4, 0.5) is 11.8 Å². The number of aromatic nitrogens is 2. The molecule has 41 heavy (non-hydrogen) atoms. The van der Waals surface area contributed by atoms with Crippen LogP contribution < -0.4 is 15.4 Å². The van der Waals surface area contributed by atoms with Crippen LogP contribution in [0.3, 0.4) is 0 Å². The normalized spacial score (nSPS) is 20.0. The Morgan fingerprint density at radius 3 is 2.27 bits per heavy atom. The third kappa shape index (κ3) is 8.89. The van der Waals surface area contributed by atoms with Gasteiger partial charge in [0, 0.05) is 54.7 Å². The summed E-state index contributed by atoms with van der Waals surface area (Å²) in [4.78, 5) is 12.0. The smallest absolute Gasteiger partial charge is 0.240 e. The van der Waals surface area contributed by atoms with Crippen molar-refractivity contribution in [2.45, 2.75) is 38.0 Å². The molecule has 9 nitrogen and oxygen atoms in total. The molecule has 1 saturated carbocycles. The highest BCUT2D eigenvalue weighted by molar-refractivity contribution is 7.89. The lowest BCUT2D eigenvalue weighted by Gasteiger charge is -2.28. The van der Waals surface area contributed by atoms with E-state index in [0.717, 1.165) is 88.3 Å². The van der Waals surface area contributed by atoms with Gasteiger partial charge in [0.2, 0.25) is 16.0 Å². The number of halogens is 2. The van der Waals surface area contributed by atoms with E-state index in [0.29, 0.717) is 34.4 Å². The molecule has 0 radical (unpaired) electrons. The molecule has 0 bridgehead atoms. The molecule has 5 rings (SSSR count). The average molecular weight is 624 g/mol. The number of benzene rings is 2. The van der Waals surface area contributed by atoms with E-state index in [-0.39, 0.29) is 12.3 Å². The molecular weight excluding hydrogens is 583 g/mol. The zero-order valence-corrected chi connectivity index (χ0v) is 24.7. The topological polar surface area (TPSA) is 108 Å². The quantitative estimate of drug-likeness (QED) is 0.257. The summed E-state index contributed by atoms with van der Waals surface area (Å²) in [6, 6.07) is 12.4. The summed E-state index contributed by atoms with van der Waals surface area (Å²) >= 11 is 12.0. The molecule has 224 valence electrons. The minimum absolute atomic E-state index is 0. The molecule has 0 amide bonds. The van der Waals surface area contributed by atoms with Gasteiger partial charge in [-0.1, -0.05) is 42.8 Å². The SMILES string of the molecule is C.O=S(=O)(NCC1CCC(CNc2nc(NCCN3CCOCC3)c3ccccc3n2)CC1)c1cc(Cl)cc(Cl)c1. The maximum Gasteiger partial charge on any atom is 0.240 e. The Morgan fingerprint density at radius 1 is 0.902 bits per heavy atom. The van der Waals surface area contributed by atoms with Crippen molar-refractivity contribution in [1.29, 1.82) is 0 Å². The lowest BCUT2D eigenvalue weighted by atomic mass is 9.82. The highest BCUT2D eigenvalue weighted by atomic mass is 35.5. The number of para-hydroxylation sites is 1. The zero-order valence-electron chi connectivity index (χ0n) is 22.4. The minimum Gasteiger partial charge on any atom is -0.379 e. The van der Waals surface area contributed by atoms with E-state index >= 15 is 0 Å². The summed E-state index contributed by atoms with van der Waals surface area (Å²) < 4.78 is 33.6. The molecule has 0 spiro atoms.